The second kappa shape index (κ2) is 4.61. The van der Waals surface area contributed by atoms with Crippen LogP contribution >= 0.6 is 11.8 Å². The Morgan fingerprint density at radius 1 is 1.60 bits per heavy atom. The van der Waals surface area contributed by atoms with E-state index in [2.05, 4.69) is 15.5 Å². The topological polar surface area (TPSA) is 80.9 Å². The van der Waals surface area contributed by atoms with Crippen molar-refractivity contribution in [2.75, 3.05) is 5.75 Å². The molecule has 0 bridgehead atoms. The zero-order valence-corrected chi connectivity index (χ0v) is 8.98. The maximum absolute atomic E-state index is 10.3. The van der Waals surface area contributed by atoms with Crippen molar-refractivity contribution >= 4 is 17.7 Å². The molecule has 1 fully saturated rings. The Kier molecular flexibility index (Phi) is 3.20. The molecular formula is C8H12N4O2S. The van der Waals surface area contributed by atoms with Crippen LogP contribution in [0.3, 0.4) is 0 Å². The molecule has 6 nitrogen and oxygen atoms in total. The maximum Gasteiger partial charge on any atom is 0.303 e. The minimum absolute atomic E-state index is 0.206. The Bertz CT molecular complexity index is 350. The summed E-state index contributed by atoms with van der Waals surface area (Å²) in [5, 5.41) is 20.7. The van der Waals surface area contributed by atoms with Gasteiger partial charge in [0.15, 0.2) is 0 Å². The molecule has 0 spiro atoms. The Hall–Kier alpha value is -1.11. The molecule has 1 saturated carbocycles. The highest BCUT2D eigenvalue weighted by Gasteiger charge is 2.27. The maximum atomic E-state index is 10.3. The van der Waals surface area contributed by atoms with Gasteiger partial charge in [-0.15, -0.1) is 5.10 Å². The van der Waals surface area contributed by atoms with Crippen molar-refractivity contribution < 1.29 is 9.90 Å². The van der Waals surface area contributed by atoms with Gasteiger partial charge in [-0.05, 0) is 29.7 Å². The molecule has 15 heavy (non-hydrogen) atoms. The second-order valence-corrected chi connectivity index (χ2v) is 4.55. The van der Waals surface area contributed by atoms with Gasteiger partial charge in [-0.2, -0.15) is 0 Å². The highest BCUT2D eigenvalue weighted by molar-refractivity contribution is 7.99. The highest BCUT2D eigenvalue weighted by Crippen LogP contribution is 2.36. The molecule has 0 saturated heterocycles. The molecule has 1 heterocycles. The molecule has 2 rings (SSSR count). The molecule has 7 heteroatoms. The molecule has 1 aromatic rings. The van der Waals surface area contributed by atoms with E-state index in [0.29, 0.717) is 12.5 Å². The number of carboxylic acids is 1. The van der Waals surface area contributed by atoms with E-state index in [0.717, 1.165) is 23.8 Å². The summed E-state index contributed by atoms with van der Waals surface area (Å²) in [7, 11) is 0. The first kappa shape index (κ1) is 10.4. The third-order valence-corrected chi connectivity index (χ3v) is 3.14. The summed E-state index contributed by atoms with van der Waals surface area (Å²) in [6.07, 6.45) is 3.15. The minimum atomic E-state index is -0.752. The van der Waals surface area contributed by atoms with Crippen LogP contribution in [0.4, 0.5) is 0 Å². The SMILES string of the molecule is O=C(O)CCCSc1nnnn1C1CC1. The third-order valence-electron chi connectivity index (χ3n) is 2.12. The Morgan fingerprint density at radius 2 is 2.40 bits per heavy atom. The van der Waals surface area contributed by atoms with Gasteiger partial charge in [-0.3, -0.25) is 4.79 Å². The zero-order valence-electron chi connectivity index (χ0n) is 8.17. The number of hydrogen-bond donors (Lipinski definition) is 1. The number of tetrazole rings is 1. The van der Waals surface area contributed by atoms with Crippen molar-refractivity contribution in [1.29, 1.82) is 0 Å². The molecule has 0 unspecified atom stereocenters. The molecule has 0 aromatic carbocycles. The molecule has 1 aliphatic rings. The van der Waals surface area contributed by atoms with Crippen molar-refractivity contribution in [3.8, 4) is 0 Å². The molecular weight excluding hydrogens is 216 g/mol. The van der Waals surface area contributed by atoms with Crippen LogP contribution in [0.25, 0.3) is 0 Å². The monoisotopic (exact) mass is 228 g/mol. The predicted molar refractivity (Wildman–Crippen MR) is 53.7 cm³/mol. The summed E-state index contributed by atoms with van der Waals surface area (Å²) < 4.78 is 1.84. The summed E-state index contributed by atoms with van der Waals surface area (Å²) in [5.74, 6) is -0.00302. The van der Waals surface area contributed by atoms with E-state index in [4.69, 9.17) is 5.11 Å². The fraction of sp³-hybridized carbons (Fsp3) is 0.750. The molecule has 0 atom stereocenters. The minimum Gasteiger partial charge on any atom is -0.481 e. The van der Waals surface area contributed by atoms with Crippen LogP contribution in [0.5, 0.6) is 0 Å². The Morgan fingerprint density at radius 3 is 3.07 bits per heavy atom. The van der Waals surface area contributed by atoms with Crippen LogP contribution in [-0.4, -0.2) is 37.0 Å². The van der Waals surface area contributed by atoms with Gasteiger partial charge in [0, 0.05) is 12.2 Å². The zero-order chi connectivity index (χ0) is 10.7. The fourth-order valence-corrected chi connectivity index (χ4v) is 2.10. The lowest BCUT2D eigenvalue weighted by atomic mass is 10.3. The molecule has 1 aliphatic carbocycles. The van der Waals surface area contributed by atoms with Crippen LogP contribution in [0.2, 0.25) is 0 Å². The molecule has 1 N–H and O–H groups in total. The number of hydrogen-bond acceptors (Lipinski definition) is 5. The van der Waals surface area contributed by atoms with E-state index in [-0.39, 0.29) is 6.42 Å². The first-order chi connectivity index (χ1) is 7.27. The van der Waals surface area contributed by atoms with E-state index in [1.807, 2.05) is 4.68 Å². The van der Waals surface area contributed by atoms with Crippen LogP contribution in [-0.2, 0) is 4.79 Å². The summed E-state index contributed by atoms with van der Waals surface area (Å²) in [6.45, 7) is 0. The van der Waals surface area contributed by atoms with Crippen LogP contribution in [0, 0.1) is 0 Å². The van der Waals surface area contributed by atoms with Crippen molar-refractivity contribution in [3.05, 3.63) is 0 Å². The number of rotatable bonds is 6. The van der Waals surface area contributed by atoms with E-state index < -0.39 is 5.97 Å². The van der Waals surface area contributed by atoms with Gasteiger partial charge >= 0.3 is 5.97 Å². The molecule has 0 amide bonds. The smallest absolute Gasteiger partial charge is 0.303 e. The Balaban J connectivity index is 1.77. The molecule has 0 aliphatic heterocycles. The molecule has 0 radical (unpaired) electrons. The fourth-order valence-electron chi connectivity index (χ4n) is 1.22. The van der Waals surface area contributed by atoms with E-state index in [1.165, 1.54) is 11.8 Å². The predicted octanol–water partition coefficient (Wildman–Crippen LogP) is 0.965. The van der Waals surface area contributed by atoms with Crippen molar-refractivity contribution in [3.63, 3.8) is 0 Å². The normalized spacial score (nSPS) is 15.5. The second-order valence-electron chi connectivity index (χ2n) is 3.48. The van der Waals surface area contributed by atoms with E-state index in [9.17, 15) is 4.79 Å². The lowest BCUT2D eigenvalue weighted by molar-refractivity contribution is -0.137. The summed E-state index contributed by atoms with van der Waals surface area (Å²) in [4.78, 5) is 10.3. The van der Waals surface area contributed by atoms with Gasteiger partial charge in [-0.25, -0.2) is 4.68 Å². The standard InChI is InChI=1S/C8H12N4O2S/c13-7(14)2-1-5-15-8-9-10-11-12(8)6-3-4-6/h6H,1-5H2,(H,13,14). The van der Waals surface area contributed by atoms with Crippen LogP contribution in [0.1, 0.15) is 31.7 Å². The van der Waals surface area contributed by atoms with Gasteiger partial charge in [0.25, 0.3) is 0 Å². The third kappa shape index (κ3) is 2.92. The van der Waals surface area contributed by atoms with E-state index in [1.54, 1.807) is 0 Å². The number of aromatic nitrogens is 4. The van der Waals surface area contributed by atoms with Crippen LogP contribution in [0.15, 0.2) is 5.16 Å². The molecule has 1 aromatic heterocycles. The average Bonchev–Trinajstić information content (AvgIpc) is 2.93. The first-order valence-corrected chi connectivity index (χ1v) is 5.88. The van der Waals surface area contributed by atoms with Crippen molar-refractivity contribution in [2.24, 2.45) is 0 Å². The number of nitrogens with zero attached hydrogens (tertiary/aromatic N) is 4. The van der Waals surface area contributed by atoms with Crippen LogP contribution < -0.4 is 0 Å². The lowest BCUT2D eigenvalue weighted by Crippen LogP contribution is -2.00. The van der Waals surface area contributed by atoms with Gasteiger partial charge in [0.05, 0.1) is 6.04 Å². The number of carbonyl (C=O) groups is 1. The van der Waals surface area contributed by atoms with Gasteiger partial charge < -0.3 is 5.11 Å². The van der Waals surface area contributed by atoms with E-state index >= 15 is 0 Å². The summed E-state index contributed by atoms with van der Waals surface area (Å²) in [6, 6.07) is 0.474. The number of carboxylic acid groups (broad SMARTS) is 1. The van der Waals surface area contributed by atoms with Crippen molar-refractivity contribution in [2.45, 2.75) is 36.9 Å². The summed E-state index contributed by atoms with van der Waals surface area (Å²) >= 11 is 1.53. The Labute approximate surface area is 91.0 Å². The van der Waals surface area contributed by atoms with Gasteiger partial charge in [0.1, 0.15) is 0 Å². The van der Waals surface area contributed by atoms with Gasteiger partial charge in [0.2, 0.25) is 5.16 Å². The quantitative estimate of drug-likeness (QED) is 0.577. The highest BCUT2D eigenvalue weighted by atomic mass is 32.2. The van der Waals surface area contributed by atoms with Crippen molar-refractivity contribution in [1.82, 2.24) is 20.2 Å². The first-order valence-electron chi connectivity index (χ1n) is 4.90. The lowest BCUT2D eigenvalue weighted by Gasteiger charge is -2.00. The molecule has 82 valence electrons. The number of thioether (sulfide) groups is 1. The largest absolute Gasteiger partial charge is 0.481 e. The van der Waals surface area contributed by atoms with Gasteiger partial charge in [-0.1, -0.05) is 11.8 Å². The number of aliphatic carboxylic acids is 1. The average molecular weight is 228 g/mol. The summed E-state index contributed by atoms with van der Waals surface area (Å²) in [5.41, 5.74) is 0.